The van der Waals surface area contributed by atoms with Crippen LogP contribution in [0.3, 0.4) is 0 Å². The highest BCUT2D eigenvalue weighted by Crippen LogP contribution is 2.22. The van der Waals surface area contributed by atoms with Crippen molar-refractivity contribution in [2.24, 2.45) is 0 Å². The predicted molar refractivity (Wildman–Crippen MR) is 64.2 cm³/mol. The van der Waals surface area contributed by atoms with Crippen molar-refractivity contribution in [1.82, 2.24) is 4.31 Å². The standard InChI is InChI=1S/C10H10ClF2NO4S/c1-14(5-9(12)13)19(17,18)6-2-3-8(11)7(4-6)10(15)16/h2-4,9H,5H2,1H3,(H,15,16). The molecule has 0 saturated carbocycles. The summed E-state index contributed by atoms with van der Waals surface area (Å²) in [6, 6.07) is 2.99. The van der Waals surface area contributed by atoms with Crippen LogP contribution in [0.4, 0.5) is 8.78 Å². The molecule has 0 bridgehead atoms. The van der Waals surface area contributed by atoms with Crippen LogP contribution in [0.25, 0.3) is 0 Å². The quantitative estimate of drug-likeness (QED) is 0.901. The molecule has 9 heteroatoms. The number of benzene rings is 1. The molecule has 0 radical (unpaired) electrons. The molecular formula is C10H10ClF2NO4S. The number of halogens is 3. The first-order chi connectivity index (χ1) is 8.66. The van der Waals surface area contributed by atoms with Crippen molar-refractivity contribution < 1.29 is 27.1 Å². The topological polar surface area (TPSA) is 74.7 Å². The third-order valence-electron chi connectivity index (χ3n) is 2.27. The first-order valence-electron chi connectivity index (χ1n) is 4.93. The van der Waals surface area contributed by atoms with Gasteiger partial charge in [-0.05, 0) is 18.2 Å². The molecule has 0 aliphatic heterocycles. The Morgan fingerprint density at radius 1 is 1.47 bits per heavy atom. The minimum absolute atomic E-state index is 0.136. The van der Waals surface area contributed by atoms with Gasteiger partial charge in [0.1, 0.15) is 0 Å². The second-order valence-electron chi connectivity index (χ2n) is 3.62. The number of alkyl halides is 2. The average molecular weight is 314 g/mol. The first kappa shape index (κ1) is 15.8. The van der Waals surface area contributed by atoms with Crippen LogP contribution < -0.4 is 0 Å². The molecule has 1 aromatic carbocycles. The van der Waals surface area contributed by atoms with E-state index in [2.05, 4.69) is 0 Å². The van der Waals surface area contributed by atoms with Gasteiger partial charge < -0.3 is 5.11 Å². The second kappa shape index (κ2) is 5.81. The number of aromatic carboxylic acids is 1. The van der Waals surface area contributed by atoms with E-state index in [4.69, 9.17) is 16.7 Å². The highest BCUT2D eigenvalue weighted by atomic mass is 35.5. The molecule has 0 heterocycles. The maximum absolute atomic E-state index is 12.2. The van der Waals surface area contributed by atoms with Crippen molar-refractivity contribution in [2.75, 3.05) is 13.6 Å². The van der Waals surface area contributed by atoms with Gasteiger partial charge in [-0.25, -0.2) is 22.0 Å². The molecule has 1 N–H and O–H groups in total. The number of rotatable bonds is 5. The molecule has 0 spiro atoms. The molecule has 0 aromatic heterocycles. The summed E-state index contributed by atoms with van der Waals surface area (Å²) in [6.07, 6.45) is -2.83. The van der Waals surface area contributed by atoms with Crippen molar-refractivity contribution in [3.05, 3.63) is 28.8 Å². The predicted octanol–water partition coefficient (Wildman–Crippen LogP) is 1.92. The Balaban J connectivity index is 3.22. The van der Waals surface area contributed by atoms with Crippen molar-refractivity contribution in [3.8, 4) is 0 Å². The van der Waals surface area contributed by atoms with Gasteiger partial charge in [-0.3, -0.25) is 0 Å². The number of hydrogen-bond donors (Lipinski definition) is 1. The van der Waals surface area contributed by atoms with E-state index in [1.165, 1.54) is 0 Å². The maximum atomic E-state index is 12.2. The van der Waals surface area contributed by atoms with E-state index < -0.39 is 39.4 Å². The van der Waals surface area contributed by atoms with E-state index in [0.717, 1.165) is 25.2 Å². The lowest BCUT2D eigenvalue weighted by atomic mass is 10.2. The fourth-order valence-electron chi connectivity index (χ4n) is 1.30. The maximum Gasteiger partial charge on any atom is 0.337 e. The Labute approximate surface area is 113 Å². The number of carboxylic acids is 1. The van der Waals surface area contributed by atoms with Gasteiger partial charge in [0.2, 0.25) is 10.0 Å². The Morgan fingerprint density at radius 2 is 2.05 bits per heavy atom. The molecule has 0 unspecified atom stereocenters. The molecule has 0 amide bonds. The van der Waals surface area contributed by atoms with Gasteiger partial charge in [-0.2, -0.15) is 4.31 Å². The molecule has 0 aliphatic carbocycles. The molecule has 5 nitrogen and oxygen atoms in total. The fourth-order valence-corrected chi connectivity index (χ4v) is 2.68. The normalized spacial score (nSPS) is 12.1. The number of hydrogen-bond acceptors (Lipinski definition) is 3. The lowest BCUT2D eigenvalue weighted by Crippen LogP contribution is -2.31. The summed E-state index contributed by atoms with van der Waals surface area (Å²) < 4.78 is 48.6. The molecule has 19 heavy (non-hydrogen) atoms. The van der Waals surface area contributed by atoms with Crippen LogP contribution in [-0.2, 0) is 10.0 Å². The van der Waals surface area contributed by atoms with Gasteiger partial charge in [0.15, 0.2) is 0 Å². The van der Waals surface area contributed by atoms with Gasteiger partial charge in [0, 0.05) is 7.05 Å². The molecule has 106 valence electrons. The highest BCUT2D eigenvalue weighted by Gasteiger charge is 2.25. The summed E-state index contributed by atoms with van der Waals surface area (Å²) in [4.78, 5) is 10.4. The number of carboxylic acid groups (broad SMARTS) is 1. The van der Waals surface area contributed by atoms with Crippen molar-refractivity contribution in [2.45, 2.75) is 11.3 Å². The molecule has 0 fully saturated rings. The highest BCUT2D eigenvalue weighted by molar-refractivity contribution is 7.89. The van der Waals surface area contributed by atoms with Crippen molar-refractivity contribution in [1.29, 1.82) is 0 Å². The minimum Gasteiger partial charge on any atom is -0.478 e. The largest absolute Gasteiger partial charge is 0.478 e. The molecule has 0 saturated heterocycles. The van der Waals surface area contributed by atoms with E-state index in [1.807, 2.05) is 0 Å². The summed E-state index contributed by atoms with van der Waals surface area (Å²) in [5, 5.41) is 8.69. The monoisotopic (exact) mass is 313 g/mol. The summed E-state index contributed by atoms with van der Waals surface area (Å²) in [5.41, 5.74) is -0.409. The molecule has 1 rings (SSSR count). The Bertz CT molecular complexity index is 591. The fraction of sp³-hybridized carbons (Fsp3) is 0.300. The summed E-state index contributed by atoms with van der Waals surface area (Å²) in [7, 11) is -3.19. The van der Waals surface area contributed by atoms with Gasteiger partial charge >= 0.3 is 5.97 Å². The first-order valence-corrected chi connectivity index (χ1v) is 6.75. The van der Waals surface area contributed by atoms with E-state index in [9.17, 15) is 22.0 Å². The van der Waals surface area contributed by atoms with E-state index in [-0.39, 0.29) is 5.02 Å². The SMILES string of the molecule is CN(CC(F)F)S(=O)(=O)c1ccc(Cl)c(C(=O)O)c1. The molecule has 0 aliphatic rings. The van der Waals surface area contributed by atoms with Gasteiger partial charge in [0.25, 0.3) is 6.43 Å². The lowest BCUT2D eigenvalue weighted by Gasteiger charge is -2.17. The lowest BCUT2D eigenvalue weighted by molar-refractivity contribution is 0.0696. The summed E-state index contributed by atoms with van der Waals surface area (Å²) in [6.45, 7) is -0.979. The zero-order valence-electron chi connectivity index (χ0n) is 9.68. The Morgan fingerprint density at radius 3 is 2.53 bits per heavy atom. The average Bonchev–Trinajstić information content (AvgIpc) is 2.27. The van der Waals surface area contributed by atoms with Gasteiger partial charge in [-0.15, -0.1) is 0 Å². The van der Waals surface area contributed by atoms with Crippen LogP contribution in [0.1, 0.15) is 10.4 Å². The number of sulfonamides is 1. The number of nitrogens with zero attached hydrogens (tertiary/aromatic N) is 1. The summed E-state index contributed by atoms with van der Waals surface area (Å²) >= 11 is 5.60. The summed E-state index contributed by atoms with van der Waals surface area (Å²) in [5.74, 6) is -1.40. The molecular weight excluding hydrogens is 304 g/mol. The van der Waals surface area contributed by atoms with Crippen molar-refractivity contribution >= 4 is 27.6 Å². The van der Waals surface area contributed by atoms with E-state index in [0.29, 0.717) is 4.31 Å². The molecule has 1 aromatic rings. The third-order valence-corrected chi connectivity index (χ3v) is 4.42. The number of carbonyl (C=O) groups is 1. The van der Waals surface area contributed by atoms with E-state index in [1.54, 1.807) is 0 Å². The Kier molecular flexibility index (Phi) is 4.83. The minimum atomic E-state index is -4.18. The molecule has 0 atom stereocenters. The zero-order chi connectivity index (χ0) is 14.8. The van der Waals surface area contributed by atoms with Crippen LogP contribution in [0, 0.1) is 0 Å². The van der Waals surface area contributed by atoms with Crippen LogP contribution in [0.2, 0.25) is 5.02 Å². The van der Waals surface area contributed by atoms with Crippen LogP contribution in [0.15, 0.2) is 23.1 Å². The van der Waals surface area contributed by atoms with Crippen LogP contribution >= 0.6 is 11.6 Å². The van der Waals surface area contributed by atoms with E-state index >= 15 is 0 Å². The van der Waals surface area contributed by atoms with Crippen molar-refractivity contribution in [3.63, 3.8) is 0 Å². The Hall–Kier alpha value is -1.25. The van der Waals surface area contributed by atoms with Crippen LogP contribution in [0.5, 0.6) is 0 Å². The van der Waals surface area contributed by atoms with Crippen LogP contribution in [-0.4, -0.2) is 43.8 Å². The van der Waals surface area contributed by atoms with Gasteiger partial charge in [0.05, 0.1) is 22.0 Å². The zero-order valence-corrected chi connectivity index (χ0v) is 11.3. The smallest absolute Gasteiger partial charge is 0.337 e. The second-order valence-corrected chi connectivity index (χ2v) is 6.08. The van der Waals surface area contributed by atoms with Gasteiger partial charge in [-0.1, -0.05) is 11.6 Å². The third kappa shape index (κ3) is 3.62.